The Morgan fingerprint density at radius 2 is 2.16 bits per heavy atom. The molecule has 5 nitrogen and oxygen atoms in total. The van der Waals surface area contributed by atoms with Gasteiger partial charge < -0.3 is 15.7 Å². The van der Waals surface area contributed by atoms with E-state index < -0.39 is 5.97 Å². The number of allylic oxidation sites excluding steroid dienone is 1. The molecule has 0 unspecified atom stereocenters. The molecule has 0 radical (unpaired) electrons. The average Bonchev–Trinajstić information content (AvgIpc) is 2.36. The molecule has 0 aliphatic heterocycles. The molecule has 3 N–H and O–H groups in total. The van der Waals surface area contributed by atoms with Gasteiger partial charge in [-0.05, 0) is 47.5 Å². The Balaban J connectivity index is 2.59. The van der Waals surface area contributed by atoms with Crippen molar-refractivity contribution in [1.29, 1.82) is 0 Å². The molecule has 102 valence electrons. The van der Waals surface area contributed by atoms with Crippen LogP contribution in [-0.2, 0) is 0 Å². The van der Waals surface area contributed by atoms with Gasteiger partial charge in [0.15, 0.2) is 0 Å². The minimum absolute atomic E-state index is 0.103. The van der Waals surface area contributed by atoms with Gasteiger partial charge in [0.2, 0.25) is 0 Å². The number of benzene rings is 1. The lowest BCUT2D eigenvalue weighted by Gasteiger charge is -2.08. The summed E-state index contributed by atoms with van der Waals surface area (Å²) < 4.78 is 0.471. The van der Waals surface area contributed by atoms with Gasteiger partial charge in [0.1, 0.15) is 0 Å². The summed E-state index contributed by atoms with van der Waals surface area (Å²) in [4.78, 5) is 22.5. The Kier molecular flexibility index (Phi) is 6.08. The third-order valence-electron chi connectivity index (χ3n) is 2.29. The lowest BCUT2D eigenvalue weighted by atomic mass is 10.2. The molecule has 0 bridgehead atoms. The first kappa shape index (κ1) is 15.2. The molecule has 0 heterocycles. The first-order valence-corrected chi connectivity index (χ1v) is 6.52. The zero-order valence-corrected chi connectivity index (χ0v) is 12.0. The van der Waals surface area contributed by atoms with Crippen molar-refractivity contribution in [3.63, 3.8) is 0 Å². The second kappa shape index (κ2) is 7.58. The fraction of sp³-hybridized carbons (Fsp3) is 0.231. The van der Waals surface area contributed by atoms with Crippen molar-refractivity contribution in [3.8, 4) is 0 Å². The first-order chi connectivity index (χ1) is 9.04. The Morgan fingerprint density at radius 3 is 2.79 bits per heavy atom. The molecule has 0 atom stereocenters. The number of carboxylic acid groups (broad SMARTS) is 1. The Labute approximate surface area is 119 Å². The molecule has 0 aliphatic carbocycles. The van der Waals surface area contributed by atoms with Crippen LogP contribution in [0.25, 0.3) is 0 Å². The predicted molar refractivity (Wildman–Crippen MR) is 77.6 cm³/mol. The highest BCUT2D eigenvalue weighted by molar-refractivity contribution is 9.10. The highest BCUT2D eigenvalue weighted by atomic mass is 79.9. The topological polar surface area (TPSA) is 78.4 Å². The third kappa shape index (κ3) is 5.13. The molecule has 1 aromatic rings. The summed E-state index contributed by atoms with van der Waals surface area (Å²) in [7, 11) is 0. The molecule has 0 spiro atoms. The molecule has 0 aliphatic rings. The zero-order chi connectivity index (χ0) is 14.3. The summed E-state index contributed by atoms with van der Waals surface area (Å²) in [5.74, 6) is -1.05. The fourth-order valence-electron chi connectivity index (χ4n) is 1.38. The van der Waals surface area contributed by atoms with E-state index in [2.05, 4.69) is 26.6 Å². The van der Waals surface area contributed by atoms with Crippen molar-refractivity contribution in [2.24, 2.45) is 0 Å². The minimum atomic E-state index is -1.05. The van der Waals surface area contributed by atoms with E-state index >= 15 is 0 Å². The van der Waals surface area contributed by atoms with Crippen LogP contribution in [-0.4, -0.2) is 23.7 Å². The summed E-state index contributed by atoms with van der Waals surface area (Å²) in [5.41, 5.74) is 0.538. The maximum atomic E-state index is 11.5. The number of hydrogen-bond donors (Lipinski definition) is 3. The van der Waals surface area contributed by atoms with Gasteiger partial charge in [0.25, 0.3) is 0 Å². The van der Waals surface area contributed by atoms with E-state index in [1.165, 1.54) is 6.07 Å². The largest absolute Gasteiger partial charge is 0.478 e. The van der Waals surface area contributed by atoms with Crippen LogP contribution in [0.5, 0.6) is 0 Å². The molecule has 0 fully saturated rings. The summed E-state index contributed by atoms with van der Waals surface area (Å²) in [5, 5.41) is 14.2. The van der Waals surface area contributed by atoms with Gasteiger partial charge in [-0.15, -0.1) is 0 Å². The van der Waals surface area contributed by atoms with Crippen LogP contribution in [0.15, 0.2) is 34.8 Å². The van der Waals surface area contributed by atoms with E-state index in [1.54, 1.807) is 12.1 Å². The second-order valence-electron chi connectivity index (χ2n) is 3.74. The zero-order valence-electron chi connectivity index (χ0n) is 10.4. The van der Waals surface area contributed by atoms with E-state index in [1.807, 2.05) is 19.1 Å². The van der Waals surface area contributed by atoms with E-state index in [-0.39, 0.29) is 11.6 Å². The number of halogens is 1. The molecule has 2 amide bonds. The summed E-state index contributed by atoms with van der Waals surface area (Å²) >= 11 is 3.14. The second-order valence-corrected chi connectivity index (χ2v) is 4.59. The van der Waals surface area contributed by atoms with Gasteiger partial charge in [-0.2, -0.15) is 0 Å². The lowest BCUT2D eigenvalue weighted by Crippen LogP contribution is -2.29. The third-order valence-corrected chi connectivity index (χ3v) is 2.98. The molecule has 0 aromatic heterocycles. The highest BCUT2D eigenvalue weighted by Gasteiger charge is 2.10. The van der Waals surface area contributed by atoms with Crippen molar-refractivity contribution in [1.82, 2.24) is 5.32 Å². The smallest absolute Gasteiger partial charge is 0.336 e. The standard InChI is InChI=1S/C13H15BrN2O3/c1-2-3-4-7-15-13(19)16-9-5-6-11(14)10(8-9)12(17)18/h2-3,5-6,8H,4,7H2,1H3,(H,17,18)(H2,15,16,19)/b3-2+. The Morgan fingerprint density at radius 1 is 1.42 bits per heavy atom. The van der Waals surface area contributed by atoms with Gasteiger partial charge in [0, 0.05) is 16.7 Å². The number of carbonyl (C=O) groups is 2. The maximum Gasteiger partial charge on any atom is 0.336 e. The average molecular weight is 327 g/mol. The Hall–Kier alpha value is -1.82. The fourth-order valence-corrected chi connectivity index (χ4v) is 1.79. The van der Waals surface area contributed by atoms with Gasteiger partial charge in [-0.3, -0.25) is 0 Å². The quantitative estimate of drug-likeness (QED) is 0.574. The number of amides is 2. The van der Waals surface area contributed by atoms with Crippen molar-refractivity contribution in [3.05, 3.63) is 40.4 Å². The van der Waals surface area contributed by atoms with Crippen LogP contribution >= 0.6 is 15.9 Å². The SMILES string of the molecule is C/C=C/CCNC(=O)Nc1ccc(Br)c(C(=O)O)c1. The highest BCUT2D eigenvalue weighted by Crippen LogP contribution is 2.21. The lowest BCUT2D eigenvalue weighted by molar-refractivity contribution is 0.0696. The van der Waals surface area contributed by atoms with Crippen LogP contribution in [0, 0.1) is 0 Å². The van der Waals surface area contributed by atoms with E-state index in [9.17, 15) is 9.59 Å². The summed E-state index contributed by atoms with van der Waals surface area (Å²) in [6.45, 7) is 2.44. The van der Waals surface area contributed by atoms with E-state index in [0.717, 1.165) is 6.42 Å². The van der Waals surface area contributed by atoms with Crippen LogP contribution in [0.4, 0.5) is 10.5 Å². The van der Waals surface area contributed by atoms with Crippen molar-refractivity contribution >= 4 is 33.6 Å². The number of aromatic carboxylic acids is 1. The summed E-state index contributed by atoms with van der Waals surface area (Å²) in [6, 6.07) is 4.25. The molecule has 0 saturated carbocycles. The Bertz CT molecular complexity index is 501. The van der Waals surface area contributed by atoms with Crippen LogP contribution in [0.3, 0.4) is 0 Å². The van der Waals surface area contributed by atoms with Gasteiger partial charge in [0.05, 0.1) is 5.56 Å². The maximum absolute atomic E-state index is 11.5. The molecule has 1 rings (SSSR count). The monoisotopic (exact) mass is 326 g/mol. The molecular weight excluding hydrogens is 312 g/mol. The van der Waals surface area contributed by atoms with Crippen LogP contribution < -0.4 is 10.6 Å². The minimum Gasteiger partial charge on any atom is -0.478 e. The number of nitrogens with one attached hydrogen (secondary N) is 2. The number of hydrogen-bond acceptors (Lipinski definition) is 2. The van der Waals surface area contributed by atoms with E-state index in [0.29, 0.717) is 16.7 Å². The number of rotatable bonds is 5. The number of carboxylic acids is 1. The van der Waals surface area contributed by atoms with Gasteiger partial charge in [-0.25, -0.2) is 9.59 Å². The van der Waals surface area contributed by atoms with Crippen molar-refractivity contribution < 1.29 is 14.7 Å². The molecule has 1 aromatic carbocycles. The molecular formula is C13H15BrN2O3. The van der Waals surface area contributed by atoms with Crippen LogP contribution in [0.2, 0.25) is 0 Å². The first-order valence-electron chi connectivity index (χ1n) is 5.73. The number of urea groups is 1. The number of carbonyl (C=O) groups excluding carboxylic acids is 1. The van der Waals surface area contributed by atoms with Crippen molar-refractivity contribution in [2.45, 2.75) is 13.3 Å². The van der Waals surface area contributed by atoms with Crippen molar-refractivity contribution in [2.75, 3.05) is 11.9 Å². The molecule has 6 heteroatoms. The number of anilines is 1. The molecule has 0 saturated heterocycles. The van der Waals surface area contributed by atoms with E-state index in [4.69, 9.17) is 5.11 Å². The summed E-state index contributed by atoms with van der Waals surface area (Å²) in [6.07, 6.45) is 4.61. The predicted octanol–water partition coefficient (Wildman–Crippen LogP) is 3.24. The van der Waals surface area contributed by atoms with Gasteiger partial charge >= 0.3 is 12.0 Å². The molecule has 19 heavy (non-hydrogen) atoms. The van der Waals surface area contributed by atoms with Crippen LogP contribution in [0.1, 0.15) is 23.7 Å². The van der Waals surface area contributed by atoms with Gasteiger partial charge in [-0.1, -0.05) is 12.2 Å². The normalized spacial score (nSPS) is 10.4.